The first kappa shape index (κ1) is 13.2. The fraction of sp³-hybridized carbons (Fsp3) is 0.583. The Labute approximate surface area is 112 Å². The minimum Gasteiger partial charge on any atom is -0.397 e. The lowest BCUT2D eigenvalue weighted by Gasteiger charge is -2.19. The van der Waals surface area contributed by atoms with Crippen LogP contribution >= 0.6 is 11.3 Å². The molecule has 18 heavy (non-hydrogen) atoms. The van der Waals surface area contributed by atoms with Crippen molar-refractivity contribution >= 4 is 27.9 Å². The number of amides is 1. The summed E-state index contributed by atoms with van der Waals surface area (Å²) in [7, 11) is 3.49. The van der Waals surface area contributed by atoms with Crippen LogP contribution in [0.1, 0.15) is 16.1 Å². The Kier molecular flexibility index (Phi) is 4.08. The number of carbonyl (C=O) groups excluding carboxylic acids is 1. The quantitative estimate of drug-likeness (QED) is 0.834. The van der Waals surface area contributed by atoms with Crippen molar-refractivity contribution in [3.63, 3.8) is 0 Å². The fourth-order valence-corrected chi connectivity index (χ4v) is 3.14. The van der Waals surface area contributed by atoms with Crippen molar-refractivity contribution in [1.82, 2.24) is 10.2 Å². The zero-order valence-electron chi connectivity index (χ0n) is 10.9. The second-order valence-electron chi connectivity index (χ2n) is 4.66. The van der Waals surface area contributed by atoms with Gasteiger partial charge in [0.25, 0.3) is 5.91 Å². The van der Waals surface area contributed by atoms with E-state index in [0.717, 1.165) is 37.6 Å². The highest BCUT2D eigenvalue weighted by Gasteiger charge is 2.19. The van der Waals surface area contributed by atoms with Gasteiger partial charge >= 0.3 is 0 Å². The van der Waals surface area contributed by atoms with Gasteiger partial charge in [-0.2, -0.15) is 0 Å². The highest BCUT2D eigenvalue weighted by Crippen LogP contribution is 2.33. The van der Waals surface area contributed by atoms with Gasteiger partial charge in [0.1, 0.15) is 4.88 Å². The van der Waals surface area contributed by atoms with E-state index >= 15 is 0 Å². The summed E-state index contributed by atoms with van der Waals surface area (Å²) in [4.78, 5) is 16.5. The van der Waals surface area contributed by atoms with Crippen LogP contribution in [0.3, 0.4) is 0 Å². The first-order chi connectivity index (χ1) is 8.59. The molecule has 5 nitrogen and oxygen atoms in total. The van der Waals surface area contributed by atoms with E-state index in [1.54, 1.807) is 19.0 Å². The summed E-state index contributed by atoms with van der Waals surface area (Å²) in [6.45, 7) is 4.02. The third-order valence-corrected chi connectivity index (χ3v) is 4.20. The lowest BCUT2D eigenvalue weighted by molar-refractivity contribution is 0.0833. The number of anilines is 2. The van der Waals surface area contributed by atoms with Gasteiger partial charge in [0.05, 0.1) is 10.7 Å². The van der Waals surface area contributed by atoms with Crippen LogP contribution in [0, 0.1) is 0 Å². The molecule has 0 saturated carbocycles. The maximum absolute atomic E-state index is 12.0. The van der Waals surface area contributed by atoms with Crippen LogP contribution in [0.4, 0.5) is 10.7 Å². The topological polar surface area (TPSA) is 61.6 Å². The van der Waals surface area contributed by atoms with Gasteiger partial charge in [-0.1, -0.05) is 0 Å². The SMILES string of the molecule is CN(C)C(=O)c1sc(N2CCCNCC2)cc1N. The molecule has 1 fully saturated rings. The minimum absolute atomic E-state index is 0.0169. The van der Waals surface area contributed by atoms with Gasteiger partial charge in [-0.05, 0) is 19.0 Å². The van der Waals surface area contributed by atoms with Crippen molar-refractivity contribution < 1.29 is 4.79 Å². The monoisotopic (exact) mass is 268 g/mol. The Hall–Kier alpha value is -1.27. The van der Waals surface area contributed by atoms with E-state index in [2.05, 4.69) is 10.2 Å². The maximum atomic E-state index is 12.0. The first-order valence-corrected chi connectivity index (χ1v) is 6.98. The zero-order valence-corrected chi connectivity index (χ0v) is 11.7. The summed E-state index contributed by atoms with van der Waals surface area (Å²) in [5, 5.41) is 4.46. The second-order valence-corrected chi connectivity index (χ2v) is 5.69. The smallest absolute Gasteiger partial charge is 0.265 e. The molecule has 0 unspecified atom stereocenters. The van der Waals surface area contributed by atoms with Gasteiger partial charge in [0.15, 0.2) is 0 Å². The molecule has 0 atom stereocenters. The molecule has 0 bridgehead atoms. The molecule has 2 heterocycles. The summed E-state index contributed by atoms with van der Waals surface area (Å²) < 4.78 is 0. The molecule has 1 aromatic heterocycles. The highest BCUT2D eigenvalue weighted by atomic mass is 32.1. The number of thiophene rings is 1. The molecule has 0 aliphatic carbocycles. The summed E-state index contributed by atoms with van der Waals surface area (Å²) >= 11 is 1.49. The number of nitrogen functional groups attached to an aromatic ring is 1. The number of carbonyl (C=O) groups is 1. The van der Waals surface area contributed by atoms with Gasteiger partial charge in [-0.25, -0.2) is 0 Å². The molecule has 1 aliphatic heterocycles. The maximum Gasteiger partial charge on any atom is 0.265 e. The van der Waals surface area contributed by atoms with Gasteiger partial charge in [0, 0.05) is 33.7 Å². The van der Waals surface area contributed by atoms with E-state index in [0.29, 0.717) is 10.6 Å². The Morgan fingerprint density at radius 3 is 2.94 bits per heavy atom. The lowest BCUT2D eigenvalue weighted by atomic mass is 10.3. The van der Waals surface area contributed by atoms with E-state index in [-0.39, 0.29) is 5.91 Å². The Bertz CT molecular complexity index is 422. The third kappa shape index (κ3) is 2.76. The summed E-state index contributed by atoms with van der Waals surface area (Å²) in [6.07, 6.45) is 1.12. The van der Waals surface area contributed by atoms with E-state index < -0.39 is 0 Å². The first-order valence-electron chi connectivity index (χ1n) is 6.16. The lowest BCUT2D eigenvalue weighted by Crippen LogP contribution is -2.27. The second kappa shape index (κ2) is 5.58. The summed E-state index contributed by atoms with van der Waals surface area (Å²) in [5.41, 5.74) is 6.54. The third-order valence-electron chi connectivity index (χ3n) is 3.00. The average Bonchev–Trinajstić information content (AvgIpc) is 2.55. The van der Waals surface area contributed by atoms with Crippen molar-refractivity contribution in [3.05, 3.63) is 10.9 Å². The van der Waals surface area contributed by atoms with E-state index in [9.17, 15) is 4.79 Å². The Morgan fingerprint density at radius 2 is 2.22 bits per heavy atom. The molecular formula is C12H20N4OS. The number of hydrogen-bond acceptors (Lipinski definition) is 5. The normalized spacial score (nSPS) is 16.4. The van der Waals surface area contributed by atoms with Crippen LogP contribution in [0.25, 0.3) is 0 Å². The van der Waals surface area contributed by atoms with Crippen molar-refractivity contribution in [3.8, 4) is 0 Å². The van der Waals surface area contributed by atoms with Crippen LogP contribution in [0.2, 0.25) is 0 Å². The molecule has 6 heteroatoms. The summed E-state index contributed by atoms with van der Waals surface area (Å²) in [6, 6.07) is 1.92. The fourth-order valence-electron chi connectivity index (χ4n) is 1.98. The number of nitrogens with zero attached hydrogens (tertiary/aromatic N) is 2. The van der Waals surface area contributed by atoms with Crippen molar-refractivity contribution in [1.29, 1.82) is 0 Å². The van der Waals surface area contributed by atoms with E-state index in [4.69, 9.17) is 5.73 Å². The summed E-state index contributed by atoms with van der Waals surface area (Å²) in [5.74, 6) is -0.0169. The highest BCUT2D eigenvalue weighted by molar-refractivity contribution is 7.18. The van der Waals surface area contributed by atoms with Crippen molar-refractivity contribution in [2.24, 2.45) is 0 Å². The molecule has 1 aliphatic rings. The van der Waals surface area contributed by atoms with Gasteiger partial charge in [-0.15, -0.1) is 11.3 Å². The molecule has 100 valence electrons. The molecule has 1 saturated heterocycles. The van der Waals surface area contributed by atoms with Crippen molar-refractivity contribution in [2.75, 3.05) is 50.9 Å². The molecule has 3 N–H and O–H groups in total. The molecule has 0 spiro atoms. The van der Waals surface area contributed by atoms with Crippen LogP contribution in [-0.2, 0) is 0 Å². The van der Waals surface area contributed by atoms with E-state index in [1.165, 1.54) is 11.3 Å². The van der Waals surface area contributed by atoms with Crippen LogP contribution in [0.5, 0.6) is 0 Å². The molecule has 1 aromatic rings. The van der Waals surface area contributed by atoms with Crippen LogP contribution in [-0.4, -0.2) is 51.1 Å². The number of rotatable bonds is 2. The van der Waals surface area contributed by atoms with Gasteiger partial charge in [0.2, 0.25) is 0 Å². The molecule has 0 aromatic carbocycles. The van der Waals surface area contributed by atoms with Crippen molar-refractivity contribution in [2.45, 2.75) is 6.42 Å². The number of nitrogens with one attached hydrogen (secondary N) is 1. The largest absolute Gasteiger partial charge is 0.397 e. The Morgan fingerprint density at radius 1 is 1.44 bits per heavy atom. The molecule has 1 amide bonds. The van der Waals surface area contributed by atoms with Crippen LogP contribution < -0.4 is 16.0 Å². The van der Waals surface area contributed by atoms with E-state index in [1.807, 2.05) is 6.07 Å². The molecule has 0 radical (unpaired) electrons. The van der Waals surface area contributed by atoms with Crippen LogP contribution in [0.15, 0.2) is 6.07 Å². The number of hydrogen-bond donors (Lipinski definition) is 2. The van der Waals surface area contributed by atoms with Gasteiger partial charge in [-0.3, -0.25) is 4.79 Å². The average molecular weight is 268 g/mol. The number of nitrogens with two attached hydrogens (primary N) is 1. The molecular weight excluding hydrogens is 248 g/mol. The standard InChI is InChI=1S/C12H20N4OS/c1-15(2)12(17)11-9(13)8-10(18-11)16-6-3-4-14-5-7-16/h8,14H,3-7,13H2,1-2H3. The predicted octanol–water partition coefficient (Wildman–Crippen LogP) is 0.832. The Balaban J connectivity index is 2.19. The predicted molar refractivity (Wildman–Crippen MR) is 76.4 cm³/mol. The molecule has 2 rings (SSSR count). The van der Waals surface area contributed by atoms with Gasteiger partial charge < -0.3 is 20.9 Å². The zero-order chi connectivity index (χ0) is 13.1. The minimum atomic E-state index is -0.0169.